The first kappa shape index (κ1) is 30.0. The van der Waals surface area contributed by atoms with Gasteiger partial charge in [0.2, 0.25) is 11.3 Å². The molecule has 0 unspecified atom stereocenters. The van der Waals surface area contributed by atoms with Crippen molar-refractivity contribution in [2.75, 3.05) is 17.4 Å². The number of ether oxygens (including phenoxy) is 1. The highest BCUT2D eigenvalue weighted by molar-refractivity contribution is 5.94. The van der Waals surface area contributed by atoms with Gasteiger partial charge in [-0.05, 0) is 76.2 Å². The van der Waals surface area contributed by atoms with E-state index in [0.717, 1.165) is 5.69 Å². The van der Waals surface area contributed by atoms with Crippen LogP contribution in [0.25, 0.3) is 16.7 Å². The van der Waals surface area contributed by atoms with E-state index < -0.39 is 11.1 Å². The van der Waals surface area contributed by atoms with Crippen molar-refractivity contribution in [2.45, 2.75) is 40.3 Å². The topological polar surface area (TPSA) is 116 Å². The number of carbonyl (C=O) groups is 1. The van der Waals surface area contributed by atoms with Crippen LogP contribution in [0.15, 0.2) is 93.6 Å². The molecular weight excluding hydrogens is 558 g/mol. The molecule has 5 rings (SSSR count). The van der Waals surface area contributed by atoms with E-state index in [1.54, 1.807) is 91.3 Å². The number of fused-ring (bicyclic) bond motifs is 1. The number of rotatable bonds is 8. The number of nitrogens with zero attached hydrogens (tertiary/aromatic N) is 6. The number of aromatic nitrogens is 4. The fourth-order valence-electron chi connectivity index (χ4n) is 5.30. The number of methoxy groups -OCH3 is 1. The van der Waals surface area contributed by atoms with Crippen LogP contribution in [0.2, 0.25) is 0 Å². The average molecular weight is 594 g/mol. The van der Waals surface area contributed by atoms with Crippen molar-refractivity contribution in [1.29, 1.82) is 0 Å². The Morgan fingerprint density at radius 2 is 1.57 bits per heavy atom. The standard InChI is InChI=1S/C33H35N7O4/c1-21(2)39(25-16-18-26(44-6)19-17-25)29(41)20-38-27-14-10-11-15-28(27)40(31-22(3)36-37(5)23(31)4)33(43)30(32(38)42)35-34-24-12-8-7-9-13-24/h7-19,21,34H,20H2,1-6H3. The van der Waals surface area contributed by atoms with E-state index in [-0.39, 0.29) is 23.9 Å². The number of nitrogens with one attached hydrogen (secondary N) is 1. The molecule has 1 N–H and O–H groups in total. The van der Waals surface area contributed by atoms with Gasteiger partial charge in [-0.15, -0.1) is 0 Å². The molecule has 226 valence electrons. The van der Waals surface area contributed by atoms with E-state index in [4.69, 9.17) is 4.74 Å². The molecule has 0 aliphatic carbocycles. The number of para-hydroxylation sites is 3. The van der Waals surface area contributed by atoms with Crippen molar-refractivity contribution < 1.29 is 9.53 Å². The second kappa shape index (κ2) is 12.4. The van der Waals surface area contributed by atoms with Gasteiger partial charge in [0.15, 0.2) is 0 Å². The molecule has 5 aromatic rings. The molecule has 0 radical (unpaired) electrons. The van der Waals surface area contributed by atoms with E-state index in [1.807, 2.05) is 39.0 Å². The Kier molecular flexibility index (Phi) is 8.48. The second-order valence-corrected chi connectivity index (χ2v) is 10.7. The van der Waals surface area contributed by atoms with Gasteiger partial charge in [-0.3, -0.25) is 33.6 Å². The minimum atomic E-state index is -0.709. The fourth-order valence-corrected chi connectivity index (χ4v) is 5.30. The van der Waals surface area contributed by atoms with Gasteiger partial charge in [-0.25, -0.2) is 0 Å². The molecule has 0 fully saturated rings. The lowest BCUT2D eigenvalue weighted by Crippen LogP contribution is -2.47. The van der Waals surface area contributed by atoms with Gasteiger partial charge in [-0.1, -0.05) is 30.3 Å². The summed E-state index contributed by atoms with van der Waals surface area (Å²) < 4.78 is 9.75. The van der Waals surface area contributed by atoms with Gasteiger partial charge in [0.25, 0.3) is 11.1 Å². The van der Waals surface area contributed by atoms with Gasteiger partial charge in [0.05, 0.1) is 40.9 Å². The van der Waals surface area contributed by atoms with Crippen molar-refractivity contribution in [3.8, 4) is 11.4 Å². The van der Waals surface area contributed by atoms with Crippen molar-refractivity contribution >= 4 is 28.3 Å². The number of carbonyl (C=O) groups excluding carboxylic acids is 1. The molecule has 11 heteroatoms. The monoisotopic (exact) mass is 593 g/mol. The summed E-state index contributed by atoms with van der Waals surface area (Å²) in [6, 6.07) is 23.0. The number of hydrogen-bond donors (Lipinski definition) is 1. The van der Waals surface area contributed by atoms with Crippen molar-refractivity contribution in [2.24, 2.45) is 12.1 Å². The van der Waals surface area contributed by atoms with Crippen LogP contribution in [-0.4, -0.2) is 38.0 Å². The van der Waals surface area contributed by atoms with Crippen molar-refractivity contribution in [3.63, 3.8) is 0 Å². The van der Waals surface area contributed by atoms with E-state index >= 15 is 0 Å². The third-order valence-corrected chi connectivity index (χ3v) is 7.46. The number of amides is 1. The quantitative estimate of drug-likeness (QED) is 0.273. The van der Waals surface area contributed by atoms with Crippen LogP contribution in [0.1, 0.15) is 25.2 Å². The van der Waals surface area contributed by atoms with Gasteiger partial charge < -0.3 is 9.64 Å². The molecule has 0 aliphatic rings. The highest BCUT2D eigenvalue weighted by Crippen LogP contribution is 2.23. The molecule has 0 bridgehead atoms. The number of anilines is 2. The Balaban J connectivity index is 1.80. The fraction of sp³-hybridized carbons (Fsp3) is 0.242. The van der Waals surface area contributed by atoms with Crippen LogP contribution in [0, 0.1) is 13.8 Å². The molecule has 44 heavy (non-hydrogen) atoms. The molecule has 0 saturated heterocycles. The maximum Gasteiger partial charge on any atom is 0.289 e. The van der Waals surface area contributed by atoms with Gasteiger partial charge >= 0.3 is 0 Å². The van der Waals surface area contributed by atoms with Crippen LogP contribution in [0.4, 0.5) is 11.4 Å². The molecule has 2 heterocycles. The van der Waals surface area contributed by atoms with Crippen LogP contribution < -0.4 is 31.5 Å². The average Bonchev–Trinajstić information content (AvgIpc) is 3.23. The summed E-state index contributed by atoms with van der Waals surface area (Å²) in [6.07, 6.45) is 0. The Hall–Kier alpha value is -5.45. The number of aryl methyl sites for hydroxylation is 2. The third-order valence-electron chi connectivity index (χ3n) is 7.46. The lowest BCUT2D eigenvalue weighted by molar-refractivity contribution is -0.119. The number of benzene rings is 3. The summed E-state index contributed by atoms with van der Waals surface area (Å²) in [5, 5.41) is 8.48. The maximum absolute atomic E-state index is 14.4. The largest absolute Gasteiger partial charge is 0.497 e. The van der Waals surface area contributed by atoms with Gasteiger partial charge in [-0.2, -0.15) is 10.2 Å². The Morgan fingerprint density at radius 3 is 2.16 bits per heavy atom. The minimum absolute atomic E-state index is 0.222. The van der Waals surface area contributed by atoms with E-state index in [9.17, 15) is 14.4 Å². The lowest BCUT2D eigenvalue weighted by Gasteiger charge is -2.27. The zero-order valence-corrected chi connectivity index (χ0v) is 25.6. The normalized spacial score (nSPS) is 11.7. The van der Waals surface area contributed by atoms with Crippen LogP contribution >= 0.6 is 0 Å². The minimum Gasteiger partial charge on any atom is -0.497 e. The van der Waals surface area contributed by atoms with Gasteiger partial charge in [0, 0.05) is 18.8 Å². The number of hydrogen-bond acceptors (Lipinski definition) is 7. The molecule has 0 spiro atoms. The SMILES string of the molecule is COc1ccc(N(C(=O)Cn2c(=O)c(=NNc3ccccc3)c(=O)n(-c3c(C)nn(C)c3C)c3ccccc32)C(C)C)cc1. The zero-order valence-electron chi connectivity index (χ0n) is 25.6. The van der Waals surface area contributed by atoms with Crippen LogP contribution in [0.3, 0.4) is 0 Å². The molecule has 0 atom stereocenters. The molecule has 0 saturated carbocycles. The summed E-state index contributed by atoms with van der Waals surface area (Å²) in [6.45, 7) is 7.12. The molecule has 0 aliphatic heterocycles. The first-order valence-electron chi connectivity index (χ1n) is 14.2. The summed E-state index contributed by atoms with van der Waals surface area (Å²) >= 11 is 0. The molecule has 1 amide bonds. The Labute approximate surface area is 254 Å². The second-order valence-electron chi connectivity index (χ2n) is 10.7. The lowest BCUT2D eigenvalue weighted by atomic mass is 10.2. The smallest absolute Gasteiger partial charge is 0.289 e. The predicted octanol–water partition coefficient (Wildman–Crippen LogP) is 3.88. The highest BCUT2D eigenvalue weighted by atomic mass is 16.5. The zero-order chi connectivity index (χ0) is 31.5. The third kappa shape index (κ3) is 5.63. The Morgan fingerprint density at radius 1 is 0.932 bits per heavy atom. The predicted molar refractivity (Wildman–Crippen MR) is 171 cm³/mol. The summed E-state index contributed by atoms with van der Waals surface area (Å²) in [7, 11) is 3.37. The van der Waals surface area contributed by atoms with Crippen molar-refractivity contribution in [3.05, 3.63) is 116 Å². The molecule has 3 aromatic carbocycles. The van der Waals surface area contributed by atoms with E-state index in [1.165, 1.54) is 9.13 Å². The first-order valence-corrected chi connectivity index (χ1v) is 14.2. The molecule has 11 nitrogen and oxygen atoms in total. The summed E-state index contributed by atoms with van der Waals surface area (Å²) in [5.74, 6) is 0.325. The Bertz CT molecular complexity index is 2030. The van der Waals surface area contributed by atoms with E-state index in [0.29, 0.717) is 39.5 Å². The molecule has 2 aromatic heterocycles. The summed E-state index contributed by atoms with van der Waals surface area (Å²) in [5.41, 5.74) is 5.44. The maximum atomic E-state index is 14.4. The van der Waals surface area contributed by atoms with Gasteiger partial charge in [0.1, 0.15) is 12.3 Å². The highest BCUT2D eigenvalue weighted by Gasteiger charge is 2.23. The van der Waals surface area contributed by atoms with Crippen molar-refractivity contribution in [1.82, 2.24) is 18.9 Å². The first-order chi connectivity index (χ1) is 21.1. The van der Waals surface area contributed by atoms with Crippen LogP contribution in [0.5, 0.6) is 5.75 Å². The van der Waals surface area contributed by atoms with Crippen LogP contribution in [-0.2, 0) is 18.4 Å². The van der Waals surface area contributed by atoms with E-state index in [2.05, 4.69) is 15.6 Å². The summed E-state index contributed by atoms with van der Waals surface area (Å²) in [4.78, 5) is 44.4. The molecular formula is C33H35N7O4.